The Kier molecular flexibility index (Phi) is 6.55. The Morgan fingerprint density at radius 1 is 1.22 bits per heavy atom. The quantitative estimate of drug-likeness (QED) is 0.432. The van der Waals surface area contributed by atoms with Crippen molar-refractivity contribution in [2.24, 2.45) is 0 Å². The highest BCUT2D eigenvalue weighted by Crippen LogP contribution is 2.41. The van der Waals surface area contributed by atoms with Crippen LogP contribution in [0, 0.1) is 0 Å². The molecule has 2 aromatic rings. The average molecular weight is 549 g/mol. The van der Waals surface area contributed by atoms with Crippen LogP contribution in [0.2, 0.25) is 0 Å². The van der Waals surface area contributed by atoms with Crippen LogP contribution in [0.1, 0.15) is 25.1 Å². The number of aliphatic carboxylic acids is 1. The lowest BCUT2D eigenvalue weighted by Gasteiger charge is -2.49. The third-order valence-electron chi connectivity index (χ3n) is 5.73. The molecule has 15 heteroatoms. The zero-order valence-corrected chi connectivity index (χ0v) is 19.7. The van der Waals surface area contributed by atoms with Crippen LogP contribution >= 0.6 is 11.8 Å². The van der Waals surface area contributed by atoms with Gasteiger partial charge in [0.1, 0.15) is 28.6 Å². The van der Waals surface area contributed by atoms with E-state index in [-0.39, 0.29) is 5.70 Å². The molecular formula is C22H17F6N3O5S. The number of ether oxygens (including phenoxy) is 1. The molecule has 0 aliphatic carbocycles. The summed E-state index contributed by atoms with van der Waals surface area (Å²) in [5.41, 5.74) is -3.78. The smallest absolute Gasteiger partial charge is 0.433 e. The van der Waals surface area contributed by atoms with Crippen molar-refractivity contribution in [3.8, 4) is 5.75 Å². The lowest BCUT2D eigenvalue weighted by atomic mass is 10.0. The van der Waals surface area contributed by atoms with Crippen LogP contribution in [-0.4, -0.2) is 56.0 Å². The molecule has 8 nitrogen and oxygen atoms in total. The molecule has 4 rings (SSSR count). The molecule has 198 valence electrons. The van der Waals surface area contributed by atoms with Crippen molar-refractivity contribution in [3.63, 3.8) is 0 Å². The molecule has 3 heterocycles. The highest BCUT2D eigenvalue weighted by Gasteiger charge is 2.54. The largest absolute Gasteiger partial charge is 0.480 e. The van der Waals surface area contributed by atoms with Crippen molar-refractivity contribution in [3.05, 3.63) is 46.8 Å². The van der Waals surface area contributed by atoms with Gasteiger partial charge in [-0.15, -0.1) is 11.8 Å². The summed E-state index contributed by atoms with van der Waals surface area (Å²) >= 11 is 1.21. The zero-order chi connectivity index (χ0) is 27.4. The van der Waals surface area contributed by atoms with Gasteiger partial charge in [0.05, 0.1) is 11.1 Å². The van der Waals surface area contributed by atoms with Gasteiger partial charge in [0.2, 0.25) is 0 Å². The van der Waals surface area contributed by atoms with Crippen molar-refractivity contribution in [1.29, 1.82) is 0 Å². The number of rotatable bonds is 5. The fourth-order valence-electron chi connectivity index (χ4n) is 3.98. The van der Waals surface area contributed by atoms with E-state index in [1.165, 1.54) is 11.8 Å². The van der Waals surface area contributed by atoms with Crippen molar-refractivity contribution < 1.29 is 50.6 Å². The molecular weight excluding hydrogens is 532 g/mol. The summed E-state index contributed by atoms with van der Waals surface area (Å²) in [5.74, 6) is -3.31. The Labute approximate surface area is 208 Å². The van der Waals surface area contributed by atoms with Crippen LogP contribution in [0.3, 0.4) is 0 Å². The summed E-state index contributed by atoms with van der Waals surface area (Å²) in [6.45, 7) is 2.70. The fraction of sp³-hybridized carbons (Fsp3) is 0.364. The summed E-state index contributed by atoms with van der Waals surface area (Å²) in [4.78, 5) is 41.0. The molecule has 1 unspecified atom stereocenters. The van der Waals surface area contributed by atoms with Gasteiger partial charge in [-0.2, -0.15) is 26.3 Å². The Balaban J connectivity index is 1.59. The van der Waals surface area contributed by atoms with Crippen LogP contribution in [0.15, 0.2) is 35.5 Å². The maximum atomic E-state index is 13.4. The molecule has 2 N–H and O–H groups in total. The number of hydrogen-bond acceptors (Lipinski definition) is 6. The van der Waals surface area contributed by atoms with Crippen LogP contribution in [0.25, 0.3) is 10.9 Å². The highest BCUT2D eigenvalue weighted by atomic mass is 32.2. The van der Waals surface area contributed by atoms with Crippen molar-refractivity contribution >= 4 is 40.4 Å². The summed E-state index contributed by atoms with van der Waals surface area (Å²) < 4.78 is 85.8. The molecule has 0 bridgehead atoms. The van der Waals surface area contributed by atoms with Crippen molar-refractivity contribution in [2.45, 2.75) is 43.7 Å². The fourth-order valence-corrected chi connectivity index (χ4v) is 5.27. The number of nitrogens with one attached hydrogen (secondary N) is 1. The van der Waals surface area contributed by atoms with E-state index in [2.05, 4.69) is 10.3 Å². The number of halogens is 6. The number of para-hydroxylation sites is 1. The van der Waals surface area contributed by atoms with Crippen LogP contribution in [-0.2, 0) is 26.7 Å². The van der Waals surface area contributed by atoms with Gasteiger partial charge in [-0.05, 0) is 31.6 Å². The first-order valence-corrected chi connectivity index (χ1v) is 11.6. The molecule has 2 aliphatic heterocycles. The number of carbonyl (C=O) groups excluding carboxylic acids is 2. The van der Waals surface area contributed by atoms with Crippen molar-refractivity contribution in [1.82, 2.24) is 15.2 Å². The lowest BCUT2D eigenvalue weighted by Crippen LogP contribution is -2.71. The molecule has 1 saturated heterocycles. The number of carbonyl (C=O) groups is 3. The monoisotopic (exact) mass is 549 g/mol. The Bertz CT molecular complexity index is 1340. The molecule has 1 aromatic heterocycles. The summed E-state index contributed by atoms with van der Waals surface area (Å²) in [6, 6.07) is 1.89. The van der Waals surface area contributed by atoms with Gasteiger partial charge in [-0.3, -0.25) is 14.5 Å². The second-order valence-corrected chi connectivity index (χ2v) is 9.40. The van der Waals surface area contributed by atoms with Gasteiger partial charge in [0.25, 0.3) is 11.8 Å². The number of aromatic nitrogens is 1. The standard InChI is InChI=1S/C22H17F6N3O5S/c1-8-7-37-19-15(18(33)31(19)16(8)20(34)35)30-17(32)9(2)36-12-6-13(22(26,27)28)29-14-10(12)4-3-5-11(14)21(23,24)25/h3-6,9,15,19H,7H2,1-2H3,(H,30,32)(H,34,35)/t9?,15-,19-/m1/s1. The predicted molar refractivity (Wildman–Crippen MR) is 117 cm³/mol. The molecule has 0 spiro atoms. The SMILES string of the molecule is CC1=C(C(=O)O)N2C(=O)[C@@H](NC(=O)C(C)Oc3cc(C(F)(F)F)nc4c(C(F)(F)F)cccc34)[C@H]2SC1. The molecule has 2 aliphatic rings. The van der Waals surface area contributed by atoms with Crippen LogP contribution in [0.5, 0.6) is 5.75 Å². The van der Waals surface area contributed by atoms with E-state index in [1.807, 2.05) is 0 Å². The zero-order valence-electron chi connectivity index (χ0n) is 18.9. The topological polar surface area (TPSA) is 109 Å². The van der Waals surface area contributed by atoms with Gasteiger partial charge >= 0.3 is 18.3 Å². The van der Waals surface area contributed by atoms with E-state index >= 15 is 0 Å². The van der Waals surface area contributed by atoms with Gasteiger partial charge in [-0.1, -0.05) is 6.07 Å². The first kappa shape index (κ1) is 26.6. The van der Waals surface area contributed by atoms with Gasteiger partial charge in [0.15, 0.2) is 6.10 Å². The minimum atomic E-state index is -5.11. The third kappa shape index (κ3) is 4.79. The molecule has 3 atom stereocenters. The van der Waals surface area contributed by atoms with E-state index in [0.29, 0.717) is 23.5 Å². The van der Waals surface area contributed by atoms with E-state index < -0.39 is 75.6 Å². The van der Waals surface area contributed by atoms with E-state index in [1.54, 1.807) is 6.92 Å². The number of hydrogen-bond donors (Lipinski definition) is 2. The lowest BCUT2D eigenvalue weighted by molar-refractivity contribution is -0.151. The summed E-state index contributed by atoms with van der Waals surface area (Å²) in [7, 11) is 0. The van der Waals surface area contributed by atoms with Gasteiger partial charge in [-0.25, -0.2) is 9.78 Å². The molecule has 1 fully saturated rings. The number of benzene rings is 1. The first-order valence-electron chi connectivity index (χ1n) is 10.5. The van der Waals surface area contributed by atoms with Crippen LogP contribution in [0.4, 0.5) is 26.3 Å². The number of nitrogens with zero attached hydrogens (tertiary/aromatic N) is 2. The maximum Gasteiger partial charge on any atom is 0.433 e. The molecule has 2 amide bonds. The molecule has 0 radical (unpaired) electrons. The number of pyridine rings is 1. The number of fused-ring (bicyclic) bond motifs is 2. The number of carboxylic acid groups (broad SMARTS) is 1. The van der Waals surface area contributed by atoms with E-state index in [0.717, 1.165) is 24.0 Å². The van der Waals surface area contributed by atoms with Crippen LogP contribution < -0.4 is 10.1 Å². The predicted octanol–water partition coefficient (Wildman–Crippen LogP) is 3.80. The molecule has 37 heavy (non-hydrogen) atoms. The van der Waals surface area contributed by atoms with Gasteiger partial charge < -0.3 is 15.2 Å². The summed E-state index contributed by atoms with van der Waals surface area (Å²) in [6.07, 6.45) is -11.6. The maximum absolute atomic E-state index is 13.4. The second-order valence-electron chi connectivity index (χ2n) is 8.29. The molecule has 1 aromatic carbocycles. The average Bonchev–Trinajstić information content (AvgIpc) is 2.80. The number of carboxylic acids is 1. The minimum Gasteiger partial charge on any atom is -0.480 e. The number of β-lactam (4-membered cyclic amide) rings is 1. The number of amides is 2. The van der Waals surface area contributed by atoms with Gasteiger partial charge in [0, 0.05) is 17.2 Å². The normalized spacial score (nSPS) is 20.9. The summed E-state index contributed by atoms with van der Waals surface area (Å²) in [5, 5.41) is 10.6. The number of thioether (sulfide) groups is 1. The first-order chi connectivity index (χ1) is 17.1. The highest BCUT2D eigenvalue weighted by molar-refractivity contribution is 8.00. The number of alkyl halides is 6. The molecule has 0 saturated carbocycles. The third-order valence-corrected chi connectivity index (χ3v) is 7.15. The van der Waals surface area contributed by atoms with Crippen molar-refractivity contribution in [2.75, 3.05) is 5.75 Å². The van der Waals surface area contributed by atoms with E-state index in [9.17, 15) is 45.8 Å². The van der Waals surface area contributed by atoms with E-state index in [4.69, 9.17) is 4.74 Å². The Morgan fingerprint density at radius 2 is 1.89 bits per heavy atom. The Hall–Kier alpha value is -3.49. The second kappa shape index (κ2) is 9.11. The Morgan fingerprint density at radius 3 is 2.49 bits per heavy atom. The minimum absolute atomic E-state index is 0.188.